The van der Waals surface area contributed by atoms with Gasteiger partial charge in [0.2, 0.25) is 5.91 Å². The van der Waals surface area contributed by atoms with E-state index >= 15 is 0 Å². The first-order valence-electron chi connectivity index (χ1n) is 7.07. The molecule has 2 heterocycles. The average molecular weight is 373 g/mol. The minimum absolute atomic E-state index is 0.0669. The molecule has 0 unspecified atom stereocenters. The number of hydrogen-bond acceptors (Lipinski definition) is 5. The molecule has 2 aromatic heterocycles. The number of carboxylic acid groups (broad SMARTS) is 1. The van der Waals surface area contributed by atoms with Gasteiger partial charge in [-0.2, -0.15) is 0 Å². The molecule has 0 fully saturated rings. The zero-order chi connectivity index (χ0) is 17.0. The Morgan fingerprint density at radius 1 is 1.39 bits per heavy atom. The number of thiophene rings is 1. The molecule has 1 amide bonds. The second kappa shape index (κ2) is 7.90. The Bertz CT molecular complexity index is 696. The number of nitrogens with zero attached hydrogens (tertiary/aromatic N) is 1. The molecule has 8 heteroatoms. The SMILES string of the molecule is CC(C)C[C@H](NC(=O)Cc1csc(-c2ccc(Cl)s2)n1)C(=O)O. The van der Waals surface area contributed by atoms with Crippen molar-refractivity contribution >= 4 is 46.2 Å². The van der Waals surface area contributed by atoms with Crippen LogP contribution in [0.5, 0.6) is 0 Å². The largest absolute Gasteiger partial charge is 0.480 e. The molecule has 0 aromatic carbocycles. The van der Waals surface area contributed by atoms with E-state index in [0.717, 1.165) is 9.88 Å². The summed E-state index contributed by atoms with van der Waals surface area (Å²) in [4.78, 5) is 28.6. The number of hydrogen-bond donors (Lipinski definition) is 2. The summed E-state index contributed by atoms with van der Waals surface area (Å²) < 4.78 is 0.687. The average Bonchev–Trinajstić information content (AvgIpc) is 3.06. The molecule has 0 saturated heterocycles. The molecular formula is C15H17ClN2O3S2. The summed E-state index contributed by atoms with van der Waals surface area (Å²) in [6.45, 7) is 3.84. The molecule has 0 saturated carbocycles. The van der Waals surface area contributed by atoms with Gasteiger partial charge in [-0.1, -0.05) is 25.4 Å². The van der Waals surface area contributed by atoms with E-state index in [2.05, 4.69) is 10.3 Å². The highest BCUT2D eigenvalue weighted by Gasteiger charge is 2.21. The van der Waals surface area contributed by atoms with Gasteiger partial charge in [0.25, 0.3) is 0 Å². The fraction of sp³-hybridized carbons (Fsp3) is 0.400. The van der Waals surface area contributed by atoms with Gasteiger partial charge in [0.05, 0.1) is 21.3 Å². The first-order valence-corrected chi connectivity index (χ1v) is 9.15. The number of carbonyl (C=O) groups excluding carboxylic acids is 1. The highest BCUT2D eigenvalue weighted by atomic mass is 35.5. The summed E-state index contributed by atoms with van der Waals surface area (Å²) in [5.74, 6) is -1.16. The lowest BCUT2D eigenvalue weighted by atomic mass is 10.0. The van der Waals surface area contributed by atoms with Gasteiger partial charge in [-0.05, 0) is 24.5 Å². The minimum Gasteiger partial charge on any atom is -0.480 e. The van der Waals surface area contributed by atoms with Gasteiger partial charge >= 0.3 is 5.97 Å². The Kier molecular flexibility index (Phi) is 6.15. The van der Waals surface area contributed by atoms with Gasteiger partial charge in [0, 0.05) is 5.38 Å². The number of rotatable bonds is 7. The predicted molar refractivity (Wildman–Crippen MR) is 93.2 cm³/mol. The molecule has 0 radical (unpaired) electrons. The van der Waals surface area contributed by atoms with Gasteiger partial charge in [0.1, 0.15) is 11.0 Å². The molecule has 2 N–H and O–H groups in total. The highest BCUT2D eigenvalue weighted by molar-refractivity contribution is 7.23. The van der Waals surface area contributed by atoms with E-state index in [9.17, 15) is 9.59 Å². The number of aromatic nitrogens is 1. The third-order valence-corrected chi connectivity index (χ3v) is 5.31. The van der Waals surface area contributed by atoms with E-state index < -0.39 is 12.0 Å². The summed E-state index contributed by atoms with van der Waals surface area (Å²) in [5, 5.41) is 14.3. The zero-order valence-electron chi connectivity index (χ0n) is 12.7. The van der Waals surface area contributed by atoms with Crippen LogP contribution in [0.15, 0.2) is 17.5 Å². The number of carbonyl (C=O) groups is 2. The van der Waals surface area contributed by atoms with Crippen LogP contribution in [-0.4, -0.2) is 28.0 Å². The van der Waals surface area contributed by atoms with Crippen molar-refractivity contribution in [3.05, 3.63) is 27.5 Å². The van der Waals surface area contributed by atoms with Crippen molar-refractivity contribution in [2.75, 3.05) is 0 Å². The van der Waals surface area contributed by atoms with Crippen LogP contribution in [-0.2, 0) is 16.0 Å². The first kappa shape index (κ1) is 17.9. The molecule has 5 nitrogen and oxygen atoms in total. The van der Waals surface area contributed by atoms with Gasteiger partial charge < -0.3 is 10.4 Å². The van der Waals surface area contributed by atoms with Crippen LogP contribution in [0.1, 0.15) is 26.0 Å². The summed E-state index contributed by atoms with van der Waals surface area (Å²) in [7, 11) is 0. The lowest BCUT2D eigenvalue weighted by Gasteiger charge is -2.16. The smallest absolute Gasteiger partial charge is 0.326 e. The zero-order valence-corrected chi connectivity index (χ0v) is 15.1. The Balaban J connectivity index is 1.97. The van der Waals surface area contributed by atoms with E-state index in [1.807, 2.05) is 19.9 Å². The van der Waals surface area contributed by atoms with E-state index in [1.165, 1.54) is 22.7 Å². The van der Waals surface area contributed by atoms with Crippen molar-refractivity contribution in [1.82, 2.24) is 10.3 Å². The van der Waals surface area contributed by atoms with Crippen LogP contribution in [0.25, 0.3) is 9.88 Å². The maximum absolute atomic E-state index is 12.0. The third kappa shape index (κ3) is 5.30. The Morgan fingerprint density at radius 3 is 2.70 bits per heavy atom. The third-order valence-electron chi connectivity index (χ3n) is 3.02. The first-order chi connectivity index (χ1) is 10.8. The Morgan fingerprint density at radius 2 is 2.13 bits per heavy atom. The maximum Gasteiger partial charge on any atom is 0.326 e. The molecule has 1 atom stereocenters. The molecule has 124 valence electrons. The van der Waals surface area contributed by atoms with Crippen LogP contribution in [0, 0.1) is 5.92 Å². The molecule has 23 heavy (non-hydrogen) atoms. The van der Waals surface area contributed by atoms with Crippen LogP contribution in [0.4, 0.5) is 0 Å². The van der Waals surface area contributed by atoms with Gasteiger partial charge in [-0.3, -0.25) is 4.79 Å². The number of nitrogens with one attached hydrogen (secondary N) is 1. The van der Waals surface area contributed by atoms with Crippen molar-refractivity contribution in [2.24, 2.45) is 5.92 Å². The summed E-state index contributed by atoms with van der Waals surface area (Å²) in [6.07, 6.45) is 0.467. The lowest BCUT2D eigenvalue weighted by molar-refractivity contribution is -0.142. The topological polar surface area (TPSA) is 79.3 Å². The number of carboxylic acids is 1. The summed E-state index contributed by atoms with van der Waals surface area (Å²) in [6, 6.07) is 2.83. The molecular weight excluding hydrogens is 356 g/mol. The Labute approximate surface area is 147 Å². The molecule has 0 bridgehead atoms. The fourth-order valence-electron chi connectivity index (χ4n) is 2.03. The van der Waals surface area contributed by atoms with Crippen molar-refractivity contribution in [1.29, 1.82) is 0 Å². The molecule has 2 rings (SSSR count). The van der Waals surface area contributed by atoms with Crippen molar-refractivity contribution in [3.8, 4) is 9.88 Å². The van der Waals surface area contributed by atoms with Crippen molar-refractivity contribution in [3.63, 3.8) is 0 Å². The quantitative estimate of drug-likeness (QED) is 0.776. The Hall–Kier alpha value is -1.44. The number of thiazole rings is 1. The molecule has 0 aliphatic rings. The standard InChI is InChI=1S/C15H17ClN2O3S2/c1-8(2)5-10(15(20)21)18-13(19)6-9-7-22-14(17-9)11-3-4-12(16)23-11/h3-4,7-8,10H,5-6H2,1-2H3,(H,18,19)(H,20,21)/t10-/m0/s1. The van der Waals surface area contributed by atoms with Crippen LogP contribution < -0.4 is 5.32 Å². The van der Waals surface area contributed by atoms with E-state index in [1.54, 1.807) is 11.4 Å². The predicted octanol–water partition coefficient (Wildman–Crippen LogP) is 3.68. The number of halogens is 1. The normalized spacial score (nSPS) is 12.3. The number of amides is 1. The van der Waals surface area contributed by atoms with Crippen LogP contribution >= 0.6 is 34.3 Å². The van der Waals surface area contributed by atoms with Gasteiger partial charge in [-0.25, -0.2) is 9.78 Å². The van der Waals surface area contributed by atoms with Crippen molar-refractivity contribution in [2.45, 2.75) is 32.7 Å². The van der Waals surface area contributed by atoms with E-state index in [0.29, 0.717) is 16.5 Å². The van der Waals surface area contributed by atoms with Gasteiger partial charge in [-0.15, -0.1) is 22.7 Å². The second-order valence-corrected chi connectivity index (χ2v) is 8.09. The molecule has 0 aliphatic carbocycles. The van der Waals surface area contributed by atoms with Gasteiger partial charge in [0.15, 0.2) is 0 Å². The number of aliphatic carboxylic acids is 1. The highest BCUT2D eigenvalue weighted by Crippen LogP contribution is 2.32. The van der Waals surface area contributed by atoms with Crippen LogP contribution in [0.2, 0.25) is 4.34 Å². The van der Waals surface area contributed by atoms with Crippen molar-refractivity contribution < 1.29 is 14.7 Å². The molecule has 0 spiro atoms. The lowest BCUT2D eigenvalue weighted by Crippen LogP contribution is -2.42. The maximum atomic E-state index is 12.0. The minimum atomic E-state index is -1.01. The van der Waals surface area contributed by atoms with Crippen LogP contribution in [0.3, 0.4) is 0 Å². The fourth-order valence-corrected chi connectivity index (χ4v) is 3.97. The molecule has 0 aliphatic heterocycles. The van der Waals surface area contributed by atoms with E-state index in [-0.39, 0.29) is 18.2 Å². The summed E-state index contributed by atoms with van der Waals surface area (Å²) >= 11 is 8.77. The van der Waals surface area contributed by atoms with E-state index in [4.69, 9.17) is 16.7 Å². The molecule has 2 aromatic rings. The summed E-state index contributed by atoms with van der Waals surface area (Å²) in [5.41, 5.74) is 0.626. The monoisotopic (exact) mass is 372 g/mol. The second-order valence-electron chi connectivity index (χ2n) is 5.51.